The minimum Gasteiger partial charge on any atom is -0.266 e. The predicted octanol–water partition coefficient (Wildman–Crippen LogP) is 4.11. The van der Waals surface area contributed by atoms with Gasteiger partial charge in [-0.3, -0.25) is 4.57 Å². The quantitative estimate of drug-likeness (QED) is 0.700. The molecule has 0 atom stereocenters. The minimum atomic E-state index is 0.269. The lowest BCUT2D eigenvalue weighted by atomic mass is 10.2. The number of hydrogen-bond acceptors (Lipinski definition) is 5. The molecule has 0 amide bonds. The van der Waals surface area contributed by atoms with Crippen molar-refractivity contribution >= 4 is 57.6 Å². The van der Waals surface area contributed by atoms with Gasteiger partial charge < -0.3 is 0 Å². The molecule has 2 aromatic heterocycles. The summed E-state index contributed by atoms with van der Waals surface area (Å²) in [6, 6.07) is 1.65. The number of nitrogens with zero attached hydrogens (tertiary/aromatic N) is 5. The molecule has 0 spiro atoms. The second-order valence-corrected chi connectivity index (χ2v) is 6.27. The van der Waals surface area contributed by atoms with Gasteiger partial charge in [-0.2, -0.15) is 8.75 Å². The minimum absolute atomic E-state index is 0.269. The van der Waals surface area contributed by atoms with Gasteiger partial charge in [0.15, 0.2) is 0 Å². The lowest BCUT2D eigenvalue weighted by molar-refractivity contribution is 0.874. The standard InChI is InChI=1S/C11H6Cl3N5S/c12-5-3-6(13)9(8-7(5)17-20-18-8)19-10(4-1-2-4)15-16-11(19)14/h3-4H,1-2H2. The van der Waals surface area contributed by atoms with E-state index in [0.29, 0.717) is 32.7 Å². The fourth-order valence-corrected chi connectivity index (χ4v) is 3.56. The molecular weight excluding hydrogens is 341 g/mol. The SMILES string of the molecule is Clc1cc(Cl)c2nsnc2c1-n1c(Cl)nnc1C1CC1. The Labute approximate surface area is 132 Å². The lowest BCUT2D eigenvalue weighted by Crippen LogP contribution is -2.02. The molecule has 0 unspecified atom stereocenters. The van der Waals surface area contributed by atoms with Crippen LogP contribution in [0.25, 0.3) is 16.7 Å². The van der Waals surface area contributed by atoms with Gasteiger partial charge in [-0.05, 0) is 30.5 Å². The number of hydrogen-bond donors (Lipinski definition) is 0. The molecule has 4 rings (SSSR count). The topological polar surface area (TPSA) is 56.5 Å². The van der Waals surface area contributed by atoms with E-state index in [9.17, 15) is 0 Å². The Kier molecular flexibility index (Phi) is 2.89. The first-order valence-corrected chi connectivity index (χ1v) is 7.74. The van der Waals surface area contributed by atoms with E-state index in [0.717, 1.165) is 30.4 Å². The molecule has 0 bridgehead atoms. The number of fused-ring (bicyclic) bond motifs is 1. The Morgan fingerprint density at radius 2 is 1.80 bits per heavy atom. The van der Waals surface area contributed by atoms with Gasteiger partial charge >= 0.3 is 0 Å². The van der Waals surface area contributed by atoms with Crippen molar-refractivity contribution in [1.82, 2.24) is 23.5 Å². The van der Waals surface area contributed by atoms with Gasteiger partial charge in [-0.1, -0.05) is 23.2 Å². The van der Waals surface area contributed by atoms with Crippen molar-refractivity contribution in [3.05, 3.63) is 27.2 Å². The first-order valence-electron chi connectivity index (χ1n) is 5.88. The fraction of sp³-hybridized carbons (Fsp3) is 0.273. The molecule has 9 heteroatoms. The van der Waals surface area contributed by atoms with Crippen molar-refractivity contribution in [3.8, 4) is 5.69 Å². The van der Waals surface area contributed by atoms with Crippen LogP contribution in [0, 0.1) is 0 Å². The first-order chi connectivity index (χ1) is 9.66. The molecule has 1 saturated carbocycles. The molecule has 102 valence electrons. The zero-order valence-corrected chi connectivity index (χ0v) is 12.9. The molecule has 3 aromatic rings. The molecule has 1 aliphatic rings. The summed E-state index contributed by atoms with van der Waals surface area (Å²) in [5, 5.41) is 9.30. The van der Waals surface area contributed by atoms with Crippen molar-refractivity contribution in [2.24, 2.45) is 0 Å². The van der Waals surface area contributed by atoms with Gasteiger partial charge in [0.2, 0.25) is 5.28 Å². The number of halogens is 3. The normalized spacial score (nSPS) is 15.2. The third-order valence-corrected chi connectivity index (χ3v) is 4.58. The second kappa shape index (κ2) is 4.53. The summed E-state index contributed by atoms with van der Waals surface area (Å²) in [5.41, 5.74) is 1.88. The molecule has 2 heterocycles. The zero-order chi connectivity index (χ0) is 13.9. The molecule has 5 nitrogen and oxygen atoms in total. The molecule has 1 aromatic carbocycles. The van der Waals surface area contributed by atoms with Crippen molar-refractivity contribution in [3.63, 3.8) is 0 Å². The third kappa shape index (κ3) is 1.83. The Bertz CT molecular complexity index is 823. The Balaban J connectivity index is 2.08. The van der Waals surface area contributed by atoms with E-state index in [-0.39, 0.29) is 5.28 Å². The Hall–Kier alpha value is -0.950. The highest BCUT2D eigenvalue weighted by Gasteiger charge is 2.32. The summed E-state index contributed by atoms with van der Waals surface area (Å²) in [6.07, 6.45) is 2.16. The maximum Gasteiger partial charge on any atom is 0.229 e. The molecule has 0 N–H and O–H groups in total. The zero-order valence-electron chi connectivity index (χ0n) is 9.85. The summed E-state index contributed by atoms with van der Waals surface area (Å²) in [4.78, 5) is 0. The van der Waals surface area contributed by atoms with Crippen LogP contribution >= 0.6 is 46.5 Å². The van der Waals surface area contributed by atoms with Gasteiger partial charge in [0, 0.05) is 5.92 Å². The maximum absolute atomic E-state index is 6.34. The van der Waals surface area contributed by atoms with Gasteiger partial charge in [0.05, 0.1) is 27.5 Å². The van der Waals surface area contributed by atoms with E-state index < -0.39 is 0 Å². The summed E-state index contributed by atoms with van der Waals surface area (Å²) >= 11 is 19.7. The fourth-order valence-electron chi connectivity index (χ4n) is 2.16. The average molecular weight is 347 g/mol. The van der Waals surface area contributed by atoms with Crippen molar-refractivity contribution in [2.45, 2.75) is 18.8 Å². The second-order valence-electron chi connectivity index (χ2n) is 4.59. The van der Waals surface area contributed by atoms with Crippen LogP contribution in [0.15, 0.2) is 6.07 Å². The highest BCUT2D eigenvalue weighted by Crippen LogP contribution is 2.43. The van der Waals surface area contributed by atoms with Crippen LogP contribution in [0.4, 0.5) is 0 Å². The van der Waals surface area contributed by atoms with E-state index >= 15 is 0 Å². The van der Waals surface area contributed by atoms with Crippen LogP contribution in [0.1, 0.15) is 24.6 Å². The smallest absolute Gasteiger partial charge is 0.229 e. The van der Waals surface area contributed by atoms with E-state index in [4.69, 9.17) is 34.8 Å². The first kappa shape index (κ1) is 12.8. The third-order valence-electron chi connectivity index (χ3n) is 3.23. The number of aromatic nitrogens is 5. The molecule has 0 aliphatic heterocycles. The Morgan fingerprint density at radius 1 is 1.05 bits per heavy atom. The molecule has 1 aliphatic carbocycles. The maximum atomic E-state index is 6.34. The van der Waals surface area contributed by atoms with Crippen molar-refractivity contribution in [2.75, 3.05) is 0 Å². The van der Waals surface area contributed by atoms with E-state index in [1.165, 1.54) is 0 Å². The van der Waals surface area contributed by atoms with Crippen LogP contribution < -0.4 is 0 Å². The summed E-state index contributed by atoms with van der Waals surface area (Å²) in [7, 11) is 0. The summed E-state index contributed by atoms with van der Waals surface area (Å²) in [6.45, 7) is 0. The highest BCUT2D eigenvalue weighted by molar-refractivity contribution is 7.00. The van der Waals surface area contributed by atoms with Gasteiger partial charge in [-0.15, -0.1) is 10.2 Å². The number of rotatable bonds is 2. The van der Waals surface area contributed by atoms with Crippen LogP contribution in [0.2, 0.25) is 15.3 Å². The van der Waals surface area contributed by atoms with E-state index in [1.807, 2.05) is 0 Å². The van der Waals surface area contributed by atoms with Crippen LogP contribution in [-0.4, -0.2) is 23.5 Å². The molecule has 0 saturated heterocycles. The predicted molar refractivity (Wildman–Crippen MR) is 79.3 cm³/mol. The van der Waals surface area contributed by atoms with Gasteiger partial charge in [0.25, 0.3) is 0 Å². The van der Waals surface area contributed by atoms with Crippen LogP contribution in [0.5, 0.6) is 0 Å². The van der Waals surface area contributed by atoms with Crippen LogP contribution in [-0.2, 0) is 0 Å². The molecular formula is C11H6Cl3N5S. The van der Waals surface area contributed by atoms with Crippen molar-refractivity contribution in [1.29, 1.82) is 0 Å². The average Bonchev–Trinajstić information content (AvgIpc) is 3.00. The molecule has 20 heavy (non-hydrogen) atoms. The van der Waals surface area contributed by atoms with Crippen molar-refractivity contribution < 1.29 is 0 Å². The van der Waals surface area contributed by atoms with Crippen LogP contribution in [0.3, 0.4) is 0 Å². The molecule has 0 radical (unpaired) electrons. The summed E-state index contributed by atoms with van der Waals surface area (Å²) in [5.74, 6) is 1.19. The monoisotopic (exact) mass is 345 g/mol. The van der Waals surface area contributed by atoms with Gasteiger partial charge in [-0.25, -0.2) is 0 Å². The molecule has 1 fully saturated rings. The highest BCUT2D eigenvalue weighted by atomic mass is 35.5. The number of benzene rings is 1. The summed E-state index contributed by atoms with van der Waals surface area (Å²) < 4.78 is 10.2. The van der Waals surface area contributed by atoms with Gasteiger partial charge in [0.1, 0.15) is 16.9 Å². The Morgan fingerprint density at radius 3 is 2.55 bits per heavy atom. The van der Waals surface area contributed by atoms with E-state index in [1.54, 1.807) is 10.6 Å². The van der Waals surface area contributed by atoms with E-state index in [2.05, 4.69) is 18.9 Å². The largest absolute Gasteiger partial charge is 0.266 e. The lowest BCUT2D eigenvalue weighted by Gasteiger charge is -2.10.